The molecule has 31 heavy (non-hydrogen) atoms. The largest absolute Gasteiger partial charge is 0.273 e. The zero-order valence-electron chi connectivity index (χ0n) is 16.3. The van der Waals surface area contributed by atoms with Crippen molar-refractivity contribution in [1.82, 2.24) is 25.6 Å². The number of pyridine rings is 1. The van der Waals surface area contributed by atoms with Crippen molar-refractivity contribution >= 4 is 11.8 Å². The van der Waals surface area contributed by atoms with Gasteiger partial charge in [0, 0.05) is 24.2 Å². The Morgan fingerprint density at radius 3 is 2.42 bits per heavy atom. The van der Waals surface area contributed by atoms with E-state index in [-0.39, 0.29) is 17.8 Å². The van der Waals surface area contributed by atoms with Crippen LogP contribution in [0.15, 0.2) is 85.3 Å². The topological polar surface area (TPSA) is 88.9 Å². The van der Waals surface area contributed by atoms with Crippen LogP contribution in [0.1, 0.15) is 15.9 Å². The van der Waals surface area contributed by atoms with E-state index >= 15 is 0 Å². The number of halogens is 1. The summed E-state index contributed by atoms with van der Waals surface area (Å²) < 4.78 is 14.6. The first-order valence-electron chi connectivity index (χ1n) is 9.49. The predicted octanol–water partition coefficient (Wildman–Crippen LogP) is 3.08. The zero-order chi connectivity index (χ0) is 21.6. The molecule has 0 aliphatic heterocycles. The number of carbonyl (C=O) groups is 2. The zero-order valence-corrected chi connectivity index (χ0v) is 16.3. The summed E-state index contributed by atoms with van der Waals surface area (Å²) in [4.78, 5) is 29.1. The third kappa shape index (κ3) is 4.81. The highest BCUT2D eigenvalue weighted by Gasteiger charge is 2.19. The minimum atomic E-state index is -0.520. The van der Waals surface area contributed by atoms with Crippen LogP contribution in [0.5, 0.6) is 0 Å². The Morgan fingerprint density at radius 2 is 1.71 bits per heavy atom. The third-order valence-corrected chi connectivity index (χ3v) is 4.51. The average molecular weight is 415 g/mol. The van der Waals surface area contributed by atoms with Gasteiger partial charge in [0.05, 0.1) is 17.7 Å². The second-order valence-electron chi connectivity index (χ2n) is 6.72. The van der Waals surface area contributed by atoms with Crippen LogP contribution in [0, 0.1) is 5.82 Å². The number of nitrogens with one attached hydrogen (secondary N) is 2. The highest BCUT2D eigenvalue weighted by molar-refractivity contribution is 6.00. The summed E-state index contributed by atoms with van der Waals surface area (Å²) in [6, 6.07) is 18.5. The molecule has 2 aromatic carbocycles. The first-order chi connectivity index (χ1) is 15.1. The van der Waals surface area contributed by atoms with Gasteiger partial charge in [-0.3, -0.25) is 25.4 Å². The van der Waals surface area contributed by atoms with Gasteiger partial charge in [0.25, 0.3) is 5.91 Å². The van der Waals surface area contributed by atoms with Crippen LogP contribution in [0.3, 0.4) is 0 Å². The lowest BCUT2D eigenvalue weighted by atomic mass is 10.1. The van der Waals surface area contributed by atoms with E-state index in [2.05, 4.69) is 20.9 Å². The molecule has 2 heterocycles. The maximum atomic E-state index is 13.0. The molecule has 0 atom stereocenters. The molecule has 7 nitrogen and oxygen atoms in total. The molecule has 2 aromatic heterocycles. The maximum Gasteiger partial charge on any atom is 0.273 e. The Balaban J connectivity index is 1.53. The van der Waals surface area contributed by atoms with Gasteiger partial charge in [-0.2, -0.15) is 5.10 Å². The summed E-state index contributed by atoms with van der Waals surface area (Å²) >= 11 is 0. The van der Waals surface area contributed by atoms with E-state index in [1.165, 1.54) is 24.3 Å². The summed E-state index contributed by atoms with van der Waals surface area (Å²) in [7, 11) is 0. The average Bonchev–Trinajstić information content (AvgIpc) is 3.26. The van der Waals surface area contributed by atoms with E-state index in [1.54, 1.807) is 35.4 Å². The lowest BCUT2D eigenvalue weighted by Crippen LogP contribution is -2.42. The minimum absolute atomic E-state index is 0.000695. The Morgan fingerprint density at radius 1 is 0.935 bits per heavy atom. The number of hydrogen-bond donors (Lipinski definition) is 2. The fourth-order valence-electron chi connectivity index (χ4n) is 2.99. The molecule has 0 spiro atoms. The van der Waals surface area contributed by atoms with Gasteiger partial charge < -0.3 is 0 Å². The van der Waals surface area contributed by atoms with Gasteiger partial charge in [-0.1, -0.05) is 30.3 Å². The SMILES string of the molecule is O=C(Cc1ccc(F)cc1)NNC(=O)c1cn(-c2ccccc2)nc1-c1cccnc1. The quantitative estimate of drug-likeness (QED) is 0.491. The van der Waals surface area contributed by atoms with Crippen molar-refractivity contribution < 1.29 is 14.0 Å². The number of amides is 2. The molecule has 0 bridgehead atoms. The molecule has 0 fully saturated rings. The van der Waals surface area contributed by atoms with Gasteiger partial charge in [0.2, 0.25) is 5.91 Å². The summed E-state index contributed by atoms with van der Waals surface area (Å²) in [5.41, 5.74) is 7.59. The van der Waals surface area contributed by atoms with Crippen molar-refractivity contribution in [2.24, 2.45) is 0 Å². The molecule has 0 saturated heterocycles. The van der Waals surface area contributed by atoms with Gasteiger partial charge in [-0.25, -0.2) is 9.07 Å². The van der Waals surface area contributed by atoms with E-state index in [4.69, 9.17) is 0 Å². The Kier molecular flexibility index (Phi) is 5.79. The van der Waals surface area contributed by atoms with Crippen molar-refractivity contribution in [3.05, 3.63) is 102 Å². The van der Waals surface area contributed by atoms with Crippen LogP contribution < -0.4 is 10.9 Å². The number of carbonyl (C=O) groups excluding carboxylic acids is 2. The monoisotopic (exact) mass is 415 g/mol. The van der Waals surface area contributed by atoms with E-state index < -0.39 is 11.8 Å². The van der Waals surface area contributed by atoms with E-state index in [0.717, 1.165) is 5.69 Å². The normalized spacial score (nSPS) is 10.5. The lowest BCUT2D eigenvalue weighted by Gasteiger charge is -2.07. The van der Waals surface area contributed by atoms with Gasteiger partial charge in [0.15, 0.2) is 0 Å². The summed E-state index contributed by atoms with van der Waals surface area (Å²) in [6.45, 7) is 0. The first-order valence-corrected chi connectivity index (χ1v) is 9.49. The Labute approximate surface area is 177 Å². The number of hydrogen-bond acceptors (Lipinski definition) is 4. The molecule has 0 aliphatic carbocycles. The van der Waals surface area contributed by atoms with Gasteiger partial charge >= 0.3 is 0 Å². The number of rotatable bonds is 5. The standard InChI is InChI=1S/C23H18FN5O2/c24-18-10-8-16(9-11-18)13-21(30)26-27-23(31)20-15-29(19-6-2-1-3-7-19)28-22(20)17-5-4-12-25-14-17/h1-12,14-15H,13H2,(H,26,30)(H,27,31). The highest BCUT2D eigenvalue weighted by Crippen LogP contribution is 2.23. The van der Waals surface area contributed by atoms with Crippen LogP contribution in [-0.2, 0) is 11.2 Å². The number of para-hydroxylation sites is 1. The molecule has 0 saturated carbocycles. The molecular weight excluding hydrogens is 397 g/mol. The van der Waals surface area contributed by atoms with Gasteiger partial charge in [-0.15, -0.1) is 0 Å². The fourth-order valence-corrected chi connectivity index (χ4v) is 2.99. The van der Waals surface area contributed by atoms with Crippen molar-refractivity contribution in [3.8, 4) is 16.9 Å². The smallest absolute Gasteiger partial charge is 0.273 e. The summed E-state index contributed by atoms with van der Waals surface area (Å²) in [6.07, 6.45) is 4.84. The molecule has 4 rings (SSSR count). The number of nitrogens with zero attached hydrogens (tertiary/aromatic N) is 3. The number of hydrazine groups is 1. The summed E-state index contributed by atoms with van der Waals surface area (Å²) in [5, 5.41) is 4.54. The van der Waals surface area contributed by atoms with Crippen molar-refractivity contribution in [2.45, 2.75) is 6.42 Å². The van der Waals surface area contributed by atoms with Crippen LogP contribution in [0.2, 0.25) is 0 Å². The molecule has 0 aliphatic rings. The fraction of sp³-hybridized carbons (Fsp3) is 0.0435. The molecule has 2 N–H and O–H groups in total. The molecule has 154 valence electrons. The summed E-state index contributed by atoms with van der Waals surface area (Å²) in [5.74, 6) is -1.33. The number of aromatic nitrogens is 3. The van der Waals surface area contributed by atoms with Crippen molar-refractivity contribution in [3.63, 3.8) is 0 Å². The van der Waals surface area contributed by atoms with Crippen molar-refractivity contribution in [1.29, 1.82) is 0 Å². The van der Waals surface area contributed by atoms with Crippen molar-refractivity contribution in [2.75, 3.05) is 0 Å². The molecule has 0 radical (unpaired) electrons. The van der Waals surface area contributed by atoms with E-state index in [0.29, 0.717) is 16.8 Å². The van der Waals surface area contributed by atoms with Crippen LogP contribution in [0.25, 0.3) is 16.9 Å². The molecular formula is C23H18FN5O2. The Bertz CT molecular complexity index is 1190. The molecule has 4 aromatic rings. The van der Waals surface area contributed by atoms with Crippen LogP contribution in [0.4, 0.5) is 4.39 Å². The lowest BCUT2D eigenvalue weighted by molar-refractivity contribution is -0.121. The van der Waals surface area contributed by atoms with Crippen LogP contribution >= 0.6 is 0 Å². The number of benzene rings is 2. The maximum absolute atomic E-state index is 13.0. The second kappa shape index (κ2) is 9.00. The first kappa shape index (κ1) is 20.0. The van der Waals surface area contributed by atoms with E-state index in [1.807, 2.05) is 30.3 Å². The van der Waals surface area contributed by atoms with E-state index in [9.17, 15) is 14.0 Å². The molecule has 8 heteroatoms. The predicted molar refractivity (Wildman–Crippen MR) is 113 cm³/mol. The van der Waals surface area contributed by atoms with Gasteiger partial charge in [-0.05, 0) is 42.0 Å². The van der Waals surface area contributed by atoms with Gasteiger partial charge in [0.1, 0.15) is 11.5 Å². The molecule has 2 amide bonds. The minimum Gasteiger partial charge on any atom is -0.273 e. The Hall–Kier alpha value is -4.33. The van der Waals surface area contributed by atoms with Crippen LogP contribution in [-0.4, -0.2) is 26.6 Å². The third-order valence-electron chi connectivity index (χ3n) is 4.51. The molecule has 0 unspecified atom stereocenters. The second-order valence-corrected chi connectivity index (χ2v) is 6.72. The highest BCUT2D eigenvalue weighted by atomic mass is 19.1.